The number of sulfonamides is 1. The van der Waals surface area contributed by atoms with E-state index in [1.807, 2.05) is 13.1 Å². The highest BCUT2D eigenvalue weighted by Crippen LogP contribution is 2.31. The Morgan fingerprint density at radius 2 is 2.20 bits per heavy atom. The topological polar surface area (TPSA) is 64.4 Å². The fourth-order valence-corrected chi connectivity index (χ4v) is 4.79. The van der Waals surface area contributed by atoms with Crippen molar-refractivity contribution in [1.29, 1.82) is 0 Å². The molecule has 1 atom stereocenters. The van der Waals surface area contributed by atoms with Crippen LogP contribution in [0, 0.1) is 0 Å². The predicted octanol–water partition coefficient (Wildman–Crippen LogP) is 2.36. The van der Waals surface area contributed by atoms with E-state index in [0.29, 0.717) is 4.90 Å². The second-order valence-electron chi connectivity index (χ2n) is 6.96. The molecule has 3 heterocycles. The maximum Gasteiger partial charge on any atom is 0.243 e. The number of aromatic nitrogens is 2. The number of ether oxygens (including phenoxy) is 1. The average molecular weight is 361 g/mol. The molecule has 0 radical (unpaired) electrons. The molecule has 0 bridgehead atoms. The third-order valence-electron chi connectivity index (χ3n) is 4.92. The molecule has 0 N–H and O–H groups in total. The summed E-state index contributed by atoms with van der Waals surface area (Å²) in [6, 6.07) is 5.12. The van der Waals surface area contributed by atoms with E-state index >= 15 is 0 Å². The highest BCUT2D eigenvalue weighted by atomic mass is 32.2. The van der Waals surface area contributed by atoms with E-state index in [4.69, 9.17) is 4.74 Å². The quantitative estimate of drug-likeness (QED) is 0.839. The summed E-state index contributed by atoms with van der Waals surface area (Å²) in [4.78, 5) is 4.92. The molecule has 1 aromatic carbocycles. The predicted molar refractivity (Wildman–Crippen MR) is 94.1 cm³/mol. The molecule has 1 aromatic heterocycles. The van der Waals surface area contributed by atoms with Crippen LogP contribution < -0.4 is 4.74 Å². The van der Waals surface area contributed by atoms with Gasteiger partial charge in [-0.1, -0.05) is 0 Å². The van der Waals surface area contributed by atoms with E-state index in [0.717, 1.165) is 55.1 Å². The Morgan fingerprint density at radius 1 is 1.36 bits per heavy atom. The normalized spacial score (nSPS) is 19.6. The Bertz CT molecular complexity index is 881. The van der Waals surface area contributed by atoms with Gasteiger partial charge in [0.2, 0.25) is 10.0 Å². The van der Waals surface area contributed by atoms with Gasteiger partial charge in [-0.05, 0) is 43.5 Å². The van der Waals surface area contributed by atoms with Crippen molar-refractivity contribution in [1.82, 2.24) is 13.9 Å². The third kappa shape index (κ3) is 3.06. The molecule has 7 heteroatoms. The highest BCUT2D eigenvalue weighted by molar-refractivity contribution is 7.89. The van der Waals surface area contributed by atoms with Crippen LogP contribution in [0.3, 0.4) is 0 Å². The third-order valence-corrected chi connectivity index (χ3v) is 6.72. The molecule has 2 aromatic rings. The van der Waals surface area contributed by atoms with Crippen LogP contribution >= 0.6 is 0 Å². The van der Waals surface area contributed by atoms with Crippen molar-refractivity contribution in [2.24, 2.45) is 0 Å². The summed E-state index contributed by atoms with van der Waals surface area (Å²) in [5, 5.41) is 0. The van der Waals surface area contributed by atoms with Gasteiger partial charge in [-0.25, -0.2) is 13.4 Å². The molecule has 134 valence electrons. The molecule has 0 unspecified atom stereocenters. The highest BCUT2D eigenvalue weighted by Gasteiger charge is 2.26. The summed E-state index contributed by atoms with van der Waals surface area (Å²) in [6.45, 7) is 3.24. The van der Waals surface area contributed by atoms with Gasteiger partial charge in [-0.15, -0.1) is 0 Å². The van der Waals surface area contributed by atoms with Crippen LogP contribution in [0.2, 0.25) is 0 Å². The lowest BCUT2D eigenvalue weighted by atomic mass is 10.1. The minimum Gasteiger partial charge on any atom is -0.490 e. The first-order valence-corrected chi connectivity index (χ1v) is 10.2. The number of imidazole rings is 1. The Labute approximate surface area is 148 Å². The molecule has 2 aliphatic heterocycles. The van der Waals surface area contributed by atoms with Gasteiger partial charge in [0, 0.05) is 32.6 Å². The number of aryl methyl sites for hydroxylation is 2. The van der Waals surface area contributed by atoms with Crippen molar-refractivity contribution >= 4 is 10.0 Å². The Morgan fingerprint density at radius 3 is 3.00 bits per heavy atom. The Hall–Kier alpha value is -1.86. The monoisotopic (exact) mass is 361 g/mol. The first kappa shape index (κ1) is 16.6. The molecule has 0 aliphatic carbocycles. The van der Waals surface area contributed by atoms with E-state index in [9.17, 15) is 8.42 Å². The van der Waals surface area contributed by atoms with Gasteiger partial charge in [0.15, 0.2) is 0 Å². The van der Waals surface area contributed by atoms with E-state index < -0.39 is 10.0 Å². The van der Waals surface area contributed by atoms with Crippen LogP contribution in [-0.2, 0) is 36.0 Å². The zero-order chi connectivity index (χ0) is 17.6. The first-order chi connectivity index (χ1) is 11.9. The summed E-state index contributed by atoms with van der Waals surface area (Å²) < 4.78 is 35.0. The maximum absolute atomic E-state index is 12.9. The lowest BCUT2D eigenvalue weighted by molar-refractivity contribution is 0.254. The molecule has 6 nitrogen and oxygen atoms in total. The second kappa shape index (κ2) is 6.14. The van der Waals surface area contributed by atoms with E-state index in [2.05, 4.69) is 9.55 Å². The van der Waals surface area contributed by atoms with Crippen LogP contribution in [-0.4, -0.2) is 35.4 Å². The number of nitrogens with zero attached hydrogens (tertiary/aromatic N) is 3. The summed E-state index contributed by atoms with van der Waals surface area (Å²) >= 11 is 0. The average Bonchev–Trinajstić information content (AvgIpc) is 3.15. The smallest absolute Gasteiger partial charge is 0.243 e. The first-order valence-electron chi connectivity index (χ1n) is 8.74. The molecule has 0 fully saturated rings. The number of benzene rings is 1. The van der Waals surface area contributed by atoms with Crippen molar-refractivity contribution in [2.75, 3.05) is 7.05 Å². The van der Waals surface area contributed by atoms with Gasteiger partial charge in [0.25, 0.3) is 0 Å². The van der Waals surface area contributed by atoms with Crippen LogP contribution in [0.15, 0.2) is 29.3 Å². The van der Waals surface area contributed by atoms with E-state index in [-0.39, 0.29) is 12.6 Å². The van der Waals surface area contributed by atoms with Crippen LogP contribution in [0.1, 0.15) is 36.8 Å². The van der Waals surface area contributed by atoms with Gasteiger partial charge in [-0.3, -0.25) is 0 Å². The number of hydrogen-bond donors (Lipinski definition) is 0. The van der Waals surface area contributed by atoms with Gasteiger partial charge in [0.1, 0.15) is 17.7 Å². The summed E-state index contributed by atoms with van der Waals surface area (Å²) in [5.41, 5.74) is 1.76. The van der Waals surface area contributed by atoms with Gasteiger partial charge < -0.3 is 9.30 Å². The van der Waals surface area contributed by atoms with Gasteiger partial charge in [0.05, 0.1) is 17.1 Å². The molecule has 4 rings (SSSR count). The fourth-order valence-electron chi connectivity index (χ4n) is 3.60. The van der Waals surface area contributed by atoms with Crippen molar-refractivity contribution < 1.29 is 13.2 Å². The van der Waals surface area contributed by atoms with Gasteiger partial charge >= 0.3 is 0 Å². The zero-order valence-corrected chi connectivity index (χ0v) is 15.4. The van der Waals surface area contributed by atoms with Gasteiger partial charge in [-0.2, -0.15) is 4.31 Å². The second-order valence-corrected chi connectivity index (χ2v) is 9.01. The van der Waals surface area contributed by atoms with Crippen molar-refractivity contribution in [3.8, 4) is 5.75 Å². The minimum absolute atomic E-state index is 0.0996. The van der Waals surface area contributed by atoms with Crippen molar-refractivity contribution in [3.05, 3.63) is 41.5 Å². The lowest BCUT2D eigenvalue weighted by Crippen LogP contribution is -2.26. The minimum atomic E-state index is -3.55. The molecular weight excluding hydrogens is 338 g/mol. The molecule has 0 amide bonds. The SMILES string of the molecule is C[C@@H]1Cc2cc(S(=O)(=O)N(C)Cc3cn4c(n3)CCCC4)ccc2O1. The van der Waals surface area contributed by atoms with E-state index in [1.54, 1.807) is 25.2 Å². The molecular formula is C18H23N3O3S. The zero-order valence-electron chi connectivity index (χ0n) is 14.6. The summed E-state index contributed by atoms with van der Waals surface area (Å²) in [5.74, 6) is 1.85. The standard InChI is InChI=1S/C18H23N3O3S/c1-13-9-14-10-16(6-7-17(14)24-13)25(22,23)20(2)11-15-12-21-8-4-3-5-18(21)19-15/h6-7,10,12-13H,3-5,8-9,11H2,1-2H3/t13-/m1/s1. The number of rotatable bonds is 4. The molecule has 0 spiro atoms. The summed E-state index contributed by atoms with van der Waals surface area (Å²) in [6.07, 6.45) is 6.11. The van der Waals surface area contributed by atoms with E-state index in [1.165, 1.54) is 4.31 Å². The van der Waals surface area contributed by atoms with Crippen LogP contribution in [0.5, 0.6) is 5.75 Å². The molecule has 0 saturated heterocycles. The number of hydrogen-bond acceptors (Lipinski definition) is 4. The summed E-state index contributed by atoms with van der Waals surface area (Å²) in [7, 11) is -1.94. The van der Waals surface area contributed by atoms with Crippen LogP contribution in [0.25, 0.3) is 0 Å². The molecule has 0 saturated carbocycles. The Balaban J connectivity index is 1.55. The van der Waals surface area contributed by atoms with Crippen molar-refractivity contribution in [2.45, 2.75) is 56.7 Å². The largest absolute Gasteiger partial charge is 0.490 e. The lowest BCUT2D eigenvalue weighted by Gasteiger charge is -2.16. The molecule has 2 aliphatic rings. The molecule has 25 heavy (non-hydrogen) atoms. The van der Waals surface area contributed by atoms with Crippen LogP contribution in [0.4, 0.5) is 0 Å². The maximum atomic E-state index is 12.9. The Kier molecular flexibility index (Phi) is 4.08. The fraction of sp³-hybridized carbons (Fsp3) is 0.500. The van der Waals surface area contributed by atoms with Crippen molar-refractivity contribution in [3.63, 3.8) is 0 Å². The number of fused-ring (bicyclic) bond motifs is 2.